The van der Waals surface area contributed by atoms with Crippen LogP contribution in [0.5, 0.6) is 0 Å². The number of hydrogen-bond acceptors (Lipinski definition) is 7. The summed E-state index contributed by atoms with van der Waals surface area (Å²) < 4.78 is 24.5. The van der Waals surface area contributed by atoms with Crippen molar-refractivity contribution in [1.82, 2.24) is 19.9 Å². The summed E-state index contributed by atoms with van der Waals surface area (Å²) in [5.74, 6) is 0.602. The molecule has 0 bridgehead atoms. The number of pyridine rings is 2. The third-order valence-corrected chi connectivity index (χ3v) is 5.02. The fourth-order valence-corrected chi connectivity index (χ4v) is 3.36. The van der Waals surface area contributed by atoms with E-state index in [1.54, 1.807) is 24.7 Å². The van der Waals surface area contributed by atoms with E-state index in [-0.39, 0.29) is 5.56 Å². The van der Waals surface area contributed by atoms with Gasteiger partial charge in [0.15, 0.2) is 11.4 Å². The molecule has 4 aromatic rings. The fraction of sp³-hybridized carbons (Fsp3) is 0.125. The van der Waals surface area contributed by atoms with Gasteiger partial charge in [0.05, 0.1) is 11.3 Å². The number of aldehydes is 1. The number of aromatic nitrogens is 4. The lowest BCUT2D eigenvalue weighted by Gasteiger charge is -2.13. The molecule has 0 aliphatic heterocycles. The standard InChI is InChI=1S/C17H17ClN6.C7H4F2O/c1-10-13(9-22-17(18)16(10)19-3)12-4-6-21-15(8-12)24-14-5-7-20-11(2)23-14;8-6-2-1-5(4-10)7(9)3-6/h4-9,19H,1-3H3,(H,20,21,23,24);1-4H. The molecule has 0 fully saturated rings. The van der Waals surface area contributed by atoms with Crippen molar-refractivity contribution in [3.8, 4) is 11.1 Å². The van der Waals surface area contributed by atoms with Crippen LogP contribution in [-0.2, 0) is 0 Å². The summed E-state index contributed by atoms with van der Waals surface area (Å²) in [5.41, 5.74) is 3.73. The zero-order valence-corrected chi connectivity index (χ0v) is 19.4. The smallest absolute Gasteiger partial charge is 0.152 e. The van der Waals surface area contributed by atoms with Crippen molar-refractivity contribution in [2.45, 2.75) is 13.8 Å². The van der Waals surface area contributed by atoms with Gasteiger partial charge in [-0.3, -0.25) is 4.79 Å². The highest BCUT2D eigenvalue weighted by Gasteiger charge is 2.11. The van der Waals surface area contributed by atoms with Gasteiger partial charge < -0.3 is 10.6 Å². The lowest BCUT2D eigenvalue weighted by molar-refractivity contribution is 0.111. The Morgan fingerprint density at radius 1 is 0.971 bits per heavy atom. The Hall–Kier alpha value is -3.98. The summed E-state index contributed by atoms with van der Waals surface area (Å²) in [6, 6.07) is 8.49. The molecule has 3 aromatic heterocycles. The maximum atomic E-state index is 12.4. The third kappa shape index (κ3) is 6.08. The van der Waals surface area contributed by atoms with Gasteiger partial charge in [0.2, 0.25) is 0 Å². The van der Waals surface area contributed by atoms with Gasteiger partial charge >= 0.3 is 0 Å². The number of hydrogen-bond donors (Lipinski definition) is 2. The molecule has 7 nitrogen and oxygen atoms in total. The number of halogens is 3. The van der Waals surface area contributed by atoms with E-state index < -0.39 is 11.6 Å². The molecule has 0 amide bonds. The summed E-state index contributed by atoms with van der Waals surface area (Å²) in [6.45, 7) is 3.85. The SMILES string of the molecule is CNc1c(Cl)ncc(-c2ccnc(Nc3ccnc(C)n3)c2)c1C.O=Cc1ccc(F)cc1F. The lowest BCUT2D eigenvalue weighted by atomic mass is 10.0. The number of carbonyl (C=O) groups excluding carboxylic acids is 1. The minimum Gasteiger partial charge on any atom is -0.385 e. The first kappa shape index (κ1) is 24.7. The number of nitrogens with one attached hydrogen (secondary N) is 2. The molecule has 0 atom stereocenters. The van der Waals surface area contributed by atoms with E-state index in [1.165, 1.54) is 0 Å². The first-order chi connectivity index (χ1) is 16.3. The van der Waals surface area contributed by atoms with Gasteiger partial charge in [-0.05, 0) is 55.3 Å². The lowest BCUT2D eigenvalue weighted by Crippen LogP contribution is -2.00. The van der Waals surface area contributed by atoms with Gasteiger partial charge in [0, 0.05) is 37.3 Å². The molecule has 0 aliphatic rings. The van der Waals surface area contributed by atoms with Gasteiger partial charge in [0.25, 0.3) is 0 Å². The molecule has 0 saturated heterocycles. The molecule has 10 heteroatoms. The topological polar surface area (TPSA) is 92.7 Å². The highest BCUT2D eigenvalue weighted by molar-refractivity contribution is 6.32. The van der Waals surface area contributed by atoms with Crippen molar-refractivity contribution in [1.29, 1.82) is 0 Å². The van der Waals surface area contributed by atoms with Crippen molar-refractivity contribution in [3.63, 3.8) is 0 Å². The Morgan fingerprint density at radius 2 is 1.74 bits per heavy atom. The number of carbonyl (C=O) groups is 1. The van der Waals surface area contributed by atoms with Crippen molar-refractivity contribution in [3.05, 3.63) is 88.7 Å². The second-order valence-electron chi connectivity index (χ2n) is 7.04. The number of anilines is 3. The predicted molar refractivity (Wildman–Crippen MR) is 129 cm³/mol. The zero-order valence-electron chi connectivity index (χ0n) is 18.6. The van der Waals surface area contributed by atoms with Crippen LogP contribution in [0.25, 0.3) is 11.1 Å². The molecular formula is C24H21ClF2N6O. The van der Waals surface area contributed by atoms with Crippen molar-refractivity contribution in [2.75, 3.05) is 17.7 Å². The zero-order chi connectivity index (χ0) is 24.7. The fourth-order valence-electron chi connectivity index (χ4n) is 3.07. The maximum Gasteiger partial charge on any atom is 0.152 e. The highest BCUT2D eigenvalue weighted by atomic mass is 35.5. The van der Waals surface area contributed by atoms with E-state index in [0.717, 1.165) is 34.5 Å². The number of nitrogens with zero attached hydrogens (tertiary/aromatic N) is 4. The van der Waals surface area contributed by atoms with Gasteiger partial charge in [-0.15, -0.1) is 0 Å². The molecular weight excluding hydrogens is 462 g/mol. The second-order valence-corrected chi connectivity index (χ2v) is 7.40. The maximum absolute atomic E-state index is 12.4. The minimum atomic E-state index is -0.824. The Kier molecular flexibility index (Phi) is 8.15. The van der Waals surface area contributed by atoms with Crippen LogP contribution < -0.4 is 10.6 Å². The van der Waals surface area contributed by atoms with Crippen LogP contribution in [0.4, 0.5) is 26.1 Å². The van der Waals surface area contributed by atoms with Crippen LogP contribution in [0.3, 0.4) is 0 Å². The van der Waals surface area contributed by atoms with Crippen LogP contribution in [0.1, 0.15) is 21.7 Å². The van der Waals surface area contributed by atoms with Crippen LogP contribution in [-0.4, -0.2) is 33.3 Å². The molecule has 1 aromatic carbocycles. The van der Waals surface area contributed by atoms with E-state index in [2.05, 4.69) is 30.6 Å². The Bertz CT molecular complexity index is 1320. The van der Waals surface area contributed by atoms with Crippen molar-refractivity contribution in [2.24, 2.45) is 0 Å². The molecule has 0 radical (unpaired) electrons. The van der Waals surface area contributed by atoms with Gasteiger partial charge in [-0.25, -0.2) is 28.7 Å². The Balaban J connectivity index is 0.000000271. The largest absolute Gasteiger partial charge is 0.385 e. The van der Waals surface area contributed by atoms with Crippen molar-refractivity contribution < 1.29 is 13.6 Å². The quantitative estimate of drug-likeness (QED) is 0.275. The van der Waals surface area contributed by atoms with Gasteiger partial charge in [-0.1, -0.05) is 11.6 Å². The molecule has 4 rings (SSSR count). The Labute approximate surface area is 200 Å². The molecule has 34 heavy (non-hydrogen) atoms. The minimum absolute atomic E-state index is 0.124. The summed E-state index contributed by atoms with van der Waals surface area (Å²) in [4.78, 5) is 27.0. The molecule has 0 spiro atoms. The van der Waals surface area contributed by atoms with Crippen LogP contribution in [0.15, 0.2) is 55.0 Å². The summed E-state index contributed by atoms with van der Waals surface area (Å²) in [5, 5.41) is 6.74. The molecule has 0 unspecified atom stereocenters. The summed E-state index contributed by atoms with van der Waals surface area (Å²) in [6.07, 6.45) is 5.57. The molecule has 0 saturated carbocycles. The monoisotopic (exact) mass is 482 g/mol. The van der Waals surface area contributed by atoms with Gasteiger partial charge in [-0.2, -0.15) is 0 Å². The van der Waals surface area contributed by atoms with Crippen LogP contribution in [0.2, 0.25) is 5.15 Å². The van der Waals surface area contributed by atoms with E-state index in [1.807, 2.05) is 33.0 Å². The van der Waals surface area contributed by atoms with Gasteiger partial charge in [0.1, 0.15) is 29.1 Å². The number of benzene rings is 1. The number of aryl methyl sites for hydroxylation is 1. The Morgan fingerprint density at radius 3 is 2.41 bits per heavy atom. The van der Waals surface area contributed by atoms with E-state index >= 15 is 0 Å². The molecule has 0 aliphatic carbocycles. The average Bonchev–Trinajstić information content (AvgIpc) is 2.80. The molecule has 2 N–H and O–H groups in total. The summed E-state index contributed by atoms with van der Waals surface area (Å²) in [7, 11) is 1.83. The van der Waals surface area contributed by atoms with Crippen molar-refractivity contribution >= 4 is 35.2 Å². The van der Waals surface area contributed by atoms with E-state index in [9.17, 15) is 13.6 Å². The second kappa shape index (κ2) is 11.2. The third-order valence-electron chi connectivity index (χ3n) is 4.73. The molecule has 3 heterocycles. The summed E-state index contributed by atoms with van der Waals surface area (Å²) >= 11 is 6.13. The molecule has 174 valence electrons. The predicted octanol–water partition coefficient (Wildman–Crippen LogP) is 5.77. The van der Waals surface area contributed by atoms with Crippen LogP contribution >= 0.6 is 11.6 Å². The van der Waals surface area contributed by atoms with Crippen LogP contribution in [0, 0.1) is 25.5 Å². The number of rotatable bonds is 5. The first-order valence-corrected chi connectivity index (χ1v) is 10.5. The first-order valence-electron chi connectivity index (χ1n) is 10.1. The van der Waals surface area contributed by atoms with E-state index in [4.69, 9.17) is 11.6 Å². The highest BCUT2D eigenvalue weighted by Crippen LogP contribution is 2.32. The average molecular weight is 483 g/mol. The van der Waals surface area contributed by atoms with E-state index in [0.29, 0.717) is 35.0 Å². The normalized spacial score (nSPS) is 10.2.